The van der Waals surface area contributed by atoms with Crippen molar-refractivity contribution in [2.45, 2.75) is 32.6 Å². The summed E-state index contributed by atoms with van der Waals surface area (Å²) in [5, 5.41) is 14.0. The lowest BCUT2D eigenvalue weighted by Crippen LogP contribution is -2.31. The van der Waals surface area contributed by atoms with E-state index in [2.05, 4.69) is 15.3 Å². The molecule has 0 aliphatic heterocycles. The van der Waals surface area contributed by atoms with E-state index in [1.54, 1.807) is 61.5 Å². The normalized spacial score (nSPS) is 12.7. The van der Waals surface area contributed by atoms with Gasteiger partial charge in [0.15, 0.2) is 0 Å². The van der Waals surface area contributed by atoms with Crippen molar-refractivity contribution in [3.8, 4) is 11.6 Å². The van der Waals surface area contributed by atoms with Gasteiger partial charge in [0.05, 0.1) is 23.5 Å². The number of hydrogen-bond donors (Lipinski definition) is 3. The van der Waals surface area contributed by atoms with Crippen molar-refractivity contribution < 1.29 is 19.4 Å². The third-order valence-corrected chi connectivity index (χ3v) is 7.69. The molecule has 40 heavy (non-hydrogen) atoms. The van der Waals surface area contributed by atoms with Crippen molar-refractivity contribution >= 4 is 40.1 Å². The first-order valence-electron chi connectivity index (χ1n) is 12.8. The molecule has 2 aromatic heterocycles. The highest BCUT2D eigenvalue weighted by Crippen LogP contribution is 2.38. The molecule has 0 bridgehead atoms. The average molecular weight is 559 g/mol. The standard InChI is InChI=1S/C29H26N4O6S/c1-2-39-28(37)23-20-10-6-7-11-22(20)40-26(23)31-24(34)17-12-14-18(15-13-17)30-16-21-25(35)32-29(38)33(27(21)36)19-8-4-3-5-9-19/h3-5,8-9,12-16,36H,2,6-7,10-11H2,1H3,(H,31,34)(H,32,35,38). The van der Waals surface area contributed by atoms with Gasteiger partial charge in [-0.1, -0.05) is 18.2 Å². The minimum absolute atomic E-state index is 0.196. The van der Waals surface area contributed by atoms with Crippen LogP contribution in [-0.2, 0) is 17.6 Å². The number of carbonyl (C=O) groups excluding carboxylic acids is 2. The number of aliphatic imine (C=N–C) groups is 1. The Kier molecular flexibility index (Phi) is 7.74. The lowest BCUT2D eigenvalue weighted by Gasteiger charge is -2.12. The number of esters is 1. The first kappa shape index (κ1) is 26.8. The van der Waals surface area contributed by atoms with Crippen LogP contribution in [0.4, 0.5) is 10.7 Å². The predicted octanol–water partition coefficient (Wildman–Crippen LogP) is 4.35. The number of para-hydroxylation sites is 1. The summed E-state index contributed by atoms with van der Waals surface area (Å²) < 4.78 is 6.23. The number of thiophene rings is 1. The van der Waals surface area contributed by atoms with Crippen LogP contribution in [0.3, 0.4) is 0 Å². The lowest BCUT2D eigenvalue weighted by atomic mass is 9.95. The number of benzene rings is 2. The molecule has 10 nitrogen and oxygen atoms in total. The molecule has 0 saturated heterocycles. The highest BCUT2D eigenvalue weighted by Gasteiger charge is 2.27. The van der Waals surface area contributed by atoms with E-state index in [0.29, 0.717) is 27.5 Å². The molecule has 0 atom stereocenters. The Bertz CT molecular complexity index is 1720. The summed E-state index contributed by atoms with van der Waals surface area (Å²) >= 11 is 1.41. The number of nitrogens with zero attached hydrogens (tertiary/aromatic N) is 2. The Morgan fingerprint density at radius 1 is 1.10 bits per heavy atom. The minimum atomic E-state index is -0.787. The van der Waals surface area contributed by atoms with E-state index < -0.39 is 23.1 Å². The van der Waals surface area contributed by atoms with E-state index in [1.165, 1.54) is 11.3 Å². The number of aryl methyl sites for hydroxylation is 1. The molecule has 204 valence electrons. The van der Waals surface area contributed by atoms with Crippen LogP contribution in [0.25, 0.3) is 5.69 Å². The third-order valence-electron chi connectivity index (χ3n) is 6.49. The monoisotopic (exact) mass is 558 g/mol. The number of carbonyl (C=O) groups is 2. The molecular formula is C29H26N4O6S. The summed E-state index contributed by atoms with van der Waals surface area (Å²) in [6.07, 6.45) is 4.84. The molecule has 4 aromatic rings. The molecule has 3 N–H and O–H groups in total. The zero-order chi connectivity index (χ0) is 28.2. The van der Waals surface area contributed by atoms with Crippen molar-refractivity contribution in [1.29, 1.82) is 0 Å². The molecule has 5 rings (SSSR count). The third kappa shape index (κ3) is 5.36. The Balaban J connectivity index is 1.37. The first-order valence-corrected chi connectivity index (χ1v) is 13.6. The van der Waals surface area contributed by atoms with E-state index in [1.807, 2.05) is 0 Å². The summed E-state index contributed by atoms with van der Waals surface area (Å²) in [6, 6.07) is 14.7. The number of rotatable bonds is 7. The molecular weight excluding hydrogens is 532 g/mol. The maximum atomic E-state index is 13.0. The highest BCUT2D eigenvalue weighted by molar-refractivity contribution is 7.17. The number of aromatic amines is 1. The smallest absolute Gasteiger partial charge is 0.341 e. The molecule has 1 aliphatic rings. The van der Waals surface area contributed by atoms with Crippen LogP contribution >= 0.6 is 11.3 Å². The first-order chi connectivity index (χ1) is 19.4. The summed E-state index contributed by atoms with van der Waals surface area (Å²) in [4.78, 5) is 57.9. The quantitative estimate of drug-likeness (QED) is 0.227. The lowest BCUT2D eigenvalue weighted by molar-refractivity contribution is 0.0526. The van der Waals surface area contributed by atoms with Crippen molar-refractivity contribution in [2.75, 3.05) is 11.9 Å². The number of amides is 1. The van der Waals surface area contributed by atoms with E-state index in [9.17, 15) is 24.3 Å². The Morgan fingerprint density at radius 2 is 1.82 bits per heavy atom. The van der Waals surface area contributed by atoms with Crippen LogP contribution in [-0.4, -0.2) is 39.4 Å². The zero-order valence-electron chi connectivity index (χ0n) is 21.6. The Hall–Kier alpha value is -4.77. The second-order valence-electron chi connectivity index (χ2n) is 9.06. The number of anilines is 1. The van der Waals surface area contributed by atoms with Gasteiger partial charge in [0.1, 0.15) is 10.6 Å². The van der Waals surface area contributed by atoms with Gasteiger partial charge in [-0.25, -0.2) is 14.2 Å². The Labute approximate surface area is 232 Å². The second-order valence-corrected chi connectivity index (χ2v) is 10.2. The van der Waals surface area contributed by atoms with Gasteiger partial charge < -0.3 is 15.2 Å². The number of aromatic nitrogens is 2. The minimum Gasteiger partial charge on any atom is -0.493 e. The molecule has 0 unspecified atom stereocenters. The van der Waals surface area contributed by atoms with Crippen LogP contribution in [0.1, 0.15) is 56.5 Å². The molecule has 0 saturated carbocycles. The van der Waals surface area contributed by atoms with Crippen LogP contribution < -0.4 is 16.6 Å². The van der Waals surface area contributed by atoms with Gasteiger partial charge in [0, 0.05) is 16.7 Å². The van der Waals surface area contributed by atoms with E-state index in [-0.39, 0.29) is 18.1 Å². The van der Waals surface area contributed by atoms with Gasteiger partial charge in [-0.2, -0.15) is 0 Å². The Morgan fingerprint density at radius 3 is 2.55 bits per heavy atom. The maximum Gasteiger partial charge on any atom is 0.341 e. The fourth-order valence-electron chi connectivity index (χ4n) is 4.56. The van der Waals surface area contributed by atoms with Gasteiger partial charge >= 0.3 is 11.7 Å². The second kappa shape index (κ2) is 11.5. The number of nitrogens with one attached hydrogen (secondary N) is 2. The van der Waals surface area contributed by atoms with Crippen LogP contribution in [0.15, 0.2) is 69.2 Å². The van der Waals surface area contributed by atoms with Crippen LogP contribution in [0.5, 0.6) is 5.88 Å². The zero-order valence-corrected chi connectivity index (χ0v) is 22.4. The van der Waals surface area contributed by atoms with Crippen molar-refractivity contribution in [2.24, 2.45) is 4.99 Å². The summed E-state index contributed by atoms with van der Waals surface area (Å²) in [5.74, 6) is -1.36. The topological polar surface area (TPSA) is 143 Å². The largest absolute Gasteiger partial charge is 0.493 e. The number of fused-ring (bicyclic) bond motifs is 1. The fourth-order valence-corrected chi connectivity index (χ4v) is 5.83. The SMILES string of the molecule is CCOC(=O)c1c(NC(=O)c2ccc(N=Cc3c(O)n(-c4ccccc4)c(=O)[nH]c3=O)cc2)sc2c1CCCC2. The van der Waals surface area contributed by atoms with Crippen molar-refractivity contribution in [3.63, 3.8) is 0 Å². The molecule has 2 heterocycles. The van der Waals surface area contributed by atoms with Gasteiger partial charge in [-0.3, -0.25) is 19.6 Å². The highest BCUT2D eigenvalue weighted by atomic mass is 32.1. The molecule has 2 aromatic carbocycles. The number of H-pyrrole nitrogens is 1. The summed E-state index contributed by atoms with van der Waals surface area (Å²) in [6.45, 7) is 1.99. The van der Waals surface area contributed by atoms with Crippen molar-refractivity contribution in [3.05, 3.63) is 103 Å². The fraction of sp³-hybridized carbons (Fsp3) is 0.207. The van der Waals surface area contributed by atoms with Crippen LogP contribution in [0, 0.1) is 0 Å². The summed E-state index contributed by atoms with van der Waals surface area (Å²) in [7, 11) is 0. The van der Waals surface area contributed by atoms with Gasteiger partial charge in [0.25, 0.3) is 11.5 Å². The van der Waals surface area contributed by atoms with Gasteiger partial charge in [0.2, 0.25) is 5.88 Å². The van der Waals surface area contributed by atoms with Gasteiger partial charge in [-0.05, 0) is 74.6 Å². The number of ether oxygens (including phenoxy) is 1. The molecule has 1 amide bonds. The molecule has 1 aliphatic carbocycles. The molecule has 0 spiro atoms. The number of aromatic hydroxyl groups is 1. The summed E-state index contributed by atoms with van der Waals surface area (Å²) in [5.41, 5.74) is 0.779. The molecule has 0 fully saturated rings. The van der Waals surface area contributed by atoms with E-state index in [4.69, 9.17) is 4.74 Å². The van der Waals surface area contributed by atoms with Gasteiger partial charge in [-0.15, -0.1) is 11.3 Å². The van der Waals surface area contributed by atoms with E-state index >= 15 is 0 Å². The van der Waals surface area contributed by atoms with Crippen molar-refractivity contribution in [1.82, 2.24) is 9.55 Å². The molecule has 0 radical (unpaired) electrons. The molecule has 11 heteroatoms. The van der Waals surface area contributed by atoms with E-state index in [0.717, 1.165) is 46.9 Å². The number of hydrogen-bond acceptors (Lipinski definition) is 8. The average Bonchev–Trinajstić information content (AvgIpc) is 3.31. The van der Waals surface area contributed by atoms with Crippen LogP contribution in [0.2, 0.25) is 0 Å². The predicted molar refractivity (Wildman–Crippen MR) is 153 cm³/mol. The maximum absolute atomic E-state index is 13.0.